The maximum atomic E-state index is 13.9. The number of carbonyl (C=O) groups excluding carboxylic acids is 1. The molecule has 4 rings (SSSR count). The molecule has 0 saturated heterocycles. The standard InChI is InChI=1S/C26H42O4/c1-5-17-21-14-16(27)10-12-26(21,4)20-11-13-25(3)18(15(2)6-9-22(28)29)7-8-19(25)23(20)24(17)30/h15-21,23,27H,5-14H2,1-4H3,(H,28,29)/t15-,16-,17-,18-,19?,20?,21?,23?,25-,26-/m1/s1. The van der Waals surface area contributed by atoms with Crippen LogP contribution in [0, 0.1) is 52.3 Å². The van der Waals surface area contributed by atoms with Crippen LogP contribution in [0.2, 0.25) is 0 Å². The summed E-state index contributed by atoms with van der Waals surface area (Å²) in [4.78, 5) is 25.0. The van der Waals surface area contributed by atoms with Crippen molar-refractivity contribution in [3.05, 3.63) is 0 Å². The van der Waals surface area contributed by atoms with Crippen LogP contribution in [0.3, 0.4) is 0 Å². The van der Waals surface area contributed by atoms with Crippen LogP contribution in [0.5, 0.6) is 0 Å². The smallest absolute Gasteiger partial charge is 0.303 e. The third-order valence-corrected chi connectivity index (χ3v) is 10.7. The lowest BCUT2D eigenvalue weighted by atomic mass is 9.42. The first-order chi connectivity index (χ1) is 14.1. The second-order valence-electron chi connectivity index (χ2n) is 11.8. The molecule has 4 saturated carbocycles. The molecule has 2 N–H and O–H groups in total. The monoisotopic (exact) mass is 418 g/mol. The largest absolute Gasteiger partial charge is 0.481 e. The first-order valence-corrected chi connectivity index (χ1v) is 12.6. The van der Waals surface area contributed by atoms with E-state index in [0.29, 0.717) is 35.4 Å². The zero-order chi connectivity index (χ0) is 21.8. The predicted octanol–water partition coefficient (Wildman–Crippen LogP) is 5.32. The van der Waals surface area contributed by atoms with E-state index in [1.807, 2.05) is 0 Å². The van der Waals surface area contributed by atoms with Crippen molar-refractivity contribution in [2.75, 3.05) is 0 Å². The van der Waals surface area contributed by atoms with E-state index in [-0.39, 0.29) is 35.2 Å². The number of fused-ring (bicyclic) bond motifs is 5. The highest BCUT2D eigenvalue weighted by atomic mass is 16.4. The fourth-order valence-electron chi connectivity index (χ4n) is 9.16. The first-order valence-electron chi connectivity index (χ1n) is 12.6. The zero-order valence-electron chi connectivity index (χ0n) is 19.4. The number of carbonyl (C=O) groups is 2. The van der Waals surface area contributed by atoms with Crippen LogP contribution >= 0.6 is 0 Å². The number of aliphatic carboxylic acids is 1. The third-order valence-electron chi connectivity index (χ3n) is 10.7. The molecule has 0 radical (unpaired) electrons. The van der Waals surface area contributed by atoms with Gasteiger partial charge >= 0.3 is 5.97 Å². The average molecular weight is 419 g/mol. The molecule has 0 aromatic rings. The van der Waals surface area contributed by atoms with E-state index < -0.39 is 5.97 Å². The third kappa shape index (κ3) is 3.27. The van der Waals surface area contributed by atoms with Gasteiger partial charge in [0.1, 0.15) is 5.78 Å². The molecule has 0 aromatic carbocycles. The number of hydrogen-bond acceptors (Lipinski definition) is 3. The van der Waals surface area contributed by atoms with Crippen molar-refractivity contribution in [1.29, 1.82) is 0 Å². The number of Topliss-reactive ketones (excluding diaryl/α,β-unsaturated/α-hetero) is 1. The molecule has 4 nitrogen and oxygen atoms in total. The van der Waals surface area contributed by atoms with Crippen molar-refractivity contribution in [1.82, 2.24) is 0 Å². The van der Waals surface area contributed by atoms with Crippen LogP contribution in [-0.2, 0) is 9.59 Å². The van der Waals surface area contributed by atoms with Crippen LogP contribution in [-0.4, -0.2) is 28.1 Å². The summed E-state index contributed by atoms with van der Waals surface area (Å²) in [6.45, 7) is 9.28. The van der Waals surface area contributed by atoms with Crippen LogP contribution < -0.4 is 0 Å². The molecular formula is C26H42O4. The van der Waals surface area contributed by atoms with E-state index in [2.05, 4.69) is 27.7 Å². The average Bonchev–Trinajstić information content (AvgIpc) is 3.05. The summed E-state index contributed by atoms with van der Waals surface area (Å²) in [5.74, 6) is 2.31. The van der Waals surface area contributed by atoms with Gasteiger partial charge in [-0.2, -0.15) is 0 Å². The van der Waals surface area contributed by atoms with Gasteiger partial charge in [0, 0.05) is 18.3 Å². The van der Waals surface area contributed by atoms with Gasteiger partial charge in [0.05, 0.1) is 6.10 Å². The van der Waals surface area contributed by atoms with Crippen molar-refractivity contribution >= 4 is 11.8 Å². The number of ketones is 1. The summed E-state index contributed by atoms with van der Waals surface area (Å²) in [6, 6.07) is 0. The molecular weight excluding hydrogens is 376 g/mol. The maximum Gasteiger partial charge on any atom is 0.303 e. The van der Waals surface area contributed by atoms with Gasteiger partial charge in [-0.1, -0.05) is 27.7 Å². The molecule has 10 atom stereocenters. The topological polar surface area (TPSA) is 74.6 Å². The Morgan fingerprint density at radius 1 is 1.07 bits per heavy atom. The highest BCUT2D eigenvalue weighted by Gasteiger charge is 2.65. The molecule has 30 heavy (non-hydrogen) atoms. The molecule has 0 amide bonds. The molecule has 170 valence electrons. The van der Waals surface area contributed by atoms with Gasteiger partial charge in [0.25, 0.3) is 0 Å². The van der Waals surface area contributed by atoms with Crippen molar-refractivity contribution in [3.8, 4) is 0 Å². The summed E-state index contributed by atoms with van der Waals surface area (Å²) < 4.78 is 0. The number of aliphatic hydroxyl groups excluding tert-OH is 1. The number of hydrogen-bond donors (Lipinski definition) is 2. The molecule has 4 aliphatic rings. The van der Waals surface area contributed by atoms with E-state index in [4.69, 9.17) is 5.11 Å². The quantitative estimate of drug-likeness (QED) is 0.633. The van der Waals surface area contributed by atoms with Crippen LogP contribution in [0.4, 0.5) is 0 Å². The first kappa shape index (κ1) is 22.3. The summed E-state index contributed by atoms with van der Waals surface area (Å²) in [5, 5.41) is 19.5. The van der Waals surface area contributed by atoms with Gasteiger partial charge in [-0.3, -0.25) is 9.59 Å². The van der Waals surface area contributed by atoms with E-state index in [1.54, 1.807) is 0 Å². The lowest BCUT2D eigenvalue weighted by molar-refractivity contribution is -0.173. The minimum Gasteiger partial charge on any atom is -0.481 e. The predicted molar refractivity (Wildman–Crippen MR) is 117 cm³/mol. The van der Waals surface area contributed by atoms with E-state index in [0.717, 1.165) is 51.4 Å². The van der Waals surface area contributed by atoms with Gasteiger partial charge in [0.15, 0.2) is 0 Å². The normalized spacial score (nSPS) is 49.1. The van der Waals surface area contributed by atoms with Gasteiger partial charge in [-0.05, 0) is 98.2 Å². The molecule has 4 unspecified atom stereocenters. The zero-order valence-corrected chi connectivity index (χ0v) is 19.4. The molecule has 0 bridgehead atoms. The van der Waals surface area contributed by atoms with Gasteiger partial charge in [0.2, 0.25) is 0 Å². The Bertz CT molecular complexity index is 689. The Hall–Kier alpha value is -0.900. The minimum atomic E-state index is -0.697. The van der Waals surface area contributed by atoms with Crippen molar-refractivity contribution in [3.63, 3.8) is 0 Å². The van der Waals surface area contributed by atoms with Crippen molar-refractivity contribution in [2.45, 2.75) is 98.0 Å². The number of aliphatic hydroxyl groups is 1. The SMILES string of the molecule is CC[C@H]1C(=O)C2C(CC[C@@]3(C)C2CC[C@@H]3[C@H](C)CCC(=O)O)[C@@]2(C)CC[C@@H](O)CC12. The van der Waals surface area contributed by atoms with Gasteiger partial charge in [-0.25, -0.2) is 0 Å². The fraction of sp³-hybridized carbons (Fsp3) is 0.923. The number of carboxylic acids is 1. The lowest BCUT2D eigenvalue weighted by Crippen LogP contribution is -2.60. The van der Waals surface area contributed by atoms with Crippen molar-refractivity contribution < 1.29 is 19.8 Å². The summed E-state index contributed by atoms with van der Waals surface area (Å²) in [5.41, 5.74) is 0.358. The van der Waals surface area contributed by atoms with Gasteiger partial charge < -0.3 is 10.2 Å². The van der Waals surface area contributed by atoms with Crippen LogP contribution in [0.1, 0.15) is 91.9 Å². The molecule has 0 spiro atoms. The molecule has 0 aromatic heterocycles. The number of rotatable bonds is 5. The summed E-state index contributed by atoms with van der Waals surface area (Å²) in [6.07, 6.45) is 9.01. The Morgan fingerprint density at radius 2 is 1.73 bits per heavy atom. The Balaban J connectivity index is 1.62. The number of carboxylic acid groups (broad SMARTS) is 1. The molecule has 4 heteroatoms. The second-order valence-corrected chi connectivity index (χ2v) is 11.8. The highest BCUT2D eigenvalue weighted by molar-refractivity contribution is 5.86. The Labute approximate surface area is 182 Å². The Kier molecular flexibility index (Phi) is 5.87. The fourth-order valence-corrected chi connectivity index (χ4v) is 9.16. The molecule has 0 heterocycles. The highest BCUT2D eigenvalue weighted by Crippen LogP contribution is 2.68. The van der Waals surface area contributed by atoms with Crippen molar-refractivity contribution in [2.24, 2.45) is 52.3 Å². The van der Waals surface area contributed by atoms with Crippen LogP contribution in [0.15, 0.2) is 0 Å². The van der Waals surface area contributed by atoms with Gasteiger partial charge in [-0.15, -0.1) is 0 Å². The van der Waals surface area contributed by atoms with E-state index in [9.17, 15) is 14.7 Å². The second kappa shape index (κ2) is 7.90. The van der Waals surface area contributed by atoms with E-state index in [1.165, 1.54) is 6.42 Å². The molecule has 4 fully saturated rings. The summed E-state index contributed by atoms with van der Waals surface area (Å²) >= 11 is 0. The maximum absolute atomic E-state index is 13.9. The lowest BCUT2D eigenvalue weighted by Gasteiger charge is -2.62. The van der Waals surface area contributed by atoms with E-state index >= 15 is 0 Å². The molecule has 0 aliphatic heterocycles. The van der Waals surface area contributed by atoms with Crippen LogP contribution in [0.25, 0.3) is 0 Å². The Morgan fingerprint density at radius 3 is 2.40 bits per heavy atom. The molecule has 4 aliphatic carbocycles. The summed E-state index contributed by atoms with van der Waals surface area (Å²) in [7, 11) is 0. The minimum absolute atomic E-state index is 0.108.